The van der Waals surface area contributed by atoms with Crippen LogP contribution < -0.4 is 15.4 Å². The van der Waals surface area contributed by atoms with Crippen LogP contribution in [0.5, 0.6) is 0 Å². The minimum atomic E-state index is -3.95. The largest absolute Gasteiger partial charge is 0.356 e. The lowest BCUT2D eigenvalue weighted by Gasteiger charge is -2.24. The van der Waals surface area contributed by atoms with Crippen molar-refractivity contribution in [1.82, 2.24) is 9.97 Å². The fourth-order valence-electron chi connectivity index (χ4n) is 3.62. The van der Waals surface area contributed by atoms with Gasteiger partial charge in [-0.3, -0.25) is 9.78 Å². The molecule has 0 spiro atoms. The van der Waals surface area contributed by atoms with Gasteiger partial charge >= 0.3 is 0 Å². The Hall–Kier alpha value is -3.18. The van der Waals surface area contributed by atoms with Crippen LogP contribution in [0.4, 0.5) is 20.3 Å². The zero-order valence-corrected chi connectivity index (χ0v) is 17.8. The van der Waals surface area contributed by atoms with Gasteiger partial charge < -0.3 is 10.2 Å². The smallest absolute Gasteiger partial charge is 0.259 e. The van der Waals surface area contributed by atoms with E-state index in [1.165, 1.54) is 24.3 Å². The van der Waals surface area contributed by atoms with Gasteiger partial charge in [-0.1, -0.05) is 6.07 Å². The molecule has 1 amide bonds. The monoisotopic (exact) mass is 461 g/mol. The first-order valence-electron chi connectivity index (χ1n) is 9.95. The van der Waals surface area contributed by atoms with Crippen LogP contribution in [0.1, 0.15) is 29.6 Å². The second-order valence-corrected chi connectivity index (χ2v) is 9.19. The van der Waals surface area contributed by atoms with Crippen molar-refractivity contribution in [3.63, 3.8) is 0 Å². The van der Waals surface area contributed by atoms with Crippen LogP contribution in [0.25, 0.3) is 11.0 Å². The van der Waals surface area contributed by atoms with E-state index in [1.54, 1.807) is 29.3 Å². The summed E-state index contributed by atoms with van der Waals surface area (Å²) in [5.41, 5.74) is 1.38. The van der Waals surface area contributed by atoms with E-state index < -0.39 is 21.9 Å². The number of hydrogen-bond acceptors (Lipinski definition) is 6. The number of primary sulfonamides is 1. The van der Waals surface area contributed by atoms with Gasteiger partial charge in [0.05, 0.1) is 21.5 Å². The summed E-state index contributed by atoms with van der Waals surface area (Å²) in [5.74, 6) is -3.05. The van der Waals surface area contributed by atoms with E-state index in [0.29, 0.717) is 17.6 Å². The van der Waals surface area contributed by atoms with Gasteiger partial charge in [0.25, 0.3) is 5.91 Å². The van der Waals surface area contributed by atoms with Crippen LogP contribution in [-0.4, -0.2) is 43.3 Å². The number of nitrogens with zero attached hydrogens (tertiary/aromatic N) is 3. The number of fused-ring (bicyclic) bond motifs is 1. The van der Waals surface area contributed by atoms with Gasteiger partial charge in [0.15, 0.2) is 0 Å². The zero-order chi connectivity index (χ0) is 22.9. The predicted molar refractivity (Wildman–Crippen MR) is 116 cm³/mol. The zero-order valence-electron chi connectivity index (χ0n) is 17.0. The Morgan fingerprint density at radius 2 is 1.91 bits per heavy atom. The molecule has 0 bridgehead atoms. The average molecular weight is 461 g/mol. The van der Waals surface area contributed by atoms with Crippen molar-refractivity contribution in [2.24, 2.45) is 5.14 Å². The molecule has 3 N–H and O–H groups in total. The molecule has 8 nitrogen and oxygen atoms in total. The lowest BCUT2D eigenvalue weighted by molar-refractivity contribution is -0.0102. The van der Waals surface area contributed by atoms with E-state index >= 15 is 0 Å². The molecule has 1 aromatic carbocycles. The number of aromatic nitrogens is 2. The van der Waals surface area contributed by atoms with Crippen molar-refractivity contribution in [2.45, 2.75) is 30.1 Å². The summed E-state index contributed by atoms with van der Waals surface area (Å²) in [5, 5.41) is 7.81. The quantitative estimate of drug-likeness (QED) is 0.616. The van der Waals surface area contributed by atoms with Crippen LogP contribution >= 0.6 is 0 Å². The Morgan fingerprint density at radius 1 is 1.09 bits per heavy atom. The Kier molecular flexibility index (Phi) is 5.78. The van der Waals surface area contributed by atoms with Crippen molar-refractivity contribution in [3.8, 4) is 0 Å². The molecule has 0 saturated carbocycles. The van der Waals surface area contributed by atoms with E-state index in [0.717, 1.165) is 0 Å². The standard InChI is InChI=1S/C21H21F2N5O3S/c22-21(23)7-3-10-28(11-8-21)19-16(13-18-17(27-19)6-2-9-25-18)20(29)26-14-4-1-5-15(12-14)32(24,30)31/h1-2,4-6,9,12-13H,3,7-8,10-11H2,(H,26,29)(H2,24,30,31). The molecular weight excluding hydrogens is 440 g/mol. The van der Waals surface area contributed by atoms with Gasteiger partial charge in [-0.05, 0) is 42.8 Å². The highest BCUT2D eigenvalue weighted by atomic mass is 32.2. The number of hydrogen-bond donors (Lipinski definition) is 2. The Morgan fingerprint density at radius 3 is 2.69 bits per heavy atom. The summed E-state index contributed by atoms with van der Waals surface area (Å²) in [7, 11) is -3.95. The van der Waals surface area contributed by atoms with Crippen molar-refractivity contribution in [2.75, 3.05) is 23.3 Å². The summed E-state index contributed by atoms with van der Waals surface area (Å²) < 4.78 is 51.0. The molecule has 0 radical (unpaired) electrons. The first-order chi connectivity index (χ1) is 15.1. The van der Waals surface area contributed by atoms with Gasteiger partial charge in [0.1, 0.15) is 5.82 Å². The molecule has 168 valence electrons. The molecular formula is C21H21F2N5O3S. The SMILES string of the molecule is NS(=O)(=O)c1cccc(NC(=O)c2cc3ncccc3nc2N2CCCC(F)(F)CC2)c1. The third-order valence-electron chi connectivity index (χ3n) is 5.25. The minimum Gasteiger partial charge on any atom is -0.356 e. The summed E-state index contributed by atoms with van der Waals surface area (Å²) in [6, 6.07) is 10.5. The highest BCUT2D eigenvalue weighted by Gasteiger charge is 2.33. The number of nitrogens with one attached hydrogen (secondary N) is 1. The highest BCUT2D eigenvalue weighted by Crippen LogP contribution is 2.32. The number of pyridine rings is 2. The fourth-order valence-corrected chi connectivity index (χ4v) is 4.18. The number of sulfonamides is 1. The van der Waals surface area contributed by atoms with Gasteiger partial charge in [0.2, 0.25) is 15.9 Å². The van der Waals surface area contributed by atoms with Gasteiger partial charge in [0, 0.05) is 37.8 Å². The average Bonchev–Trinajstić information content (AvgIpc) is 2.92. The van der Waals surface area contributed by atoms with Crippen LogP contribution in [0.2, 0.25) is 0 Å². The first-order valence-corrected chi connectivity index (χ1v) is 11.5. The molecule has 0 atom stereocenters. The molecule has 32 heavy (non-hydrogen) atoms. The topological polar surface area (TPSA) is 118 Å². The van der Waals surface area contributed by atoms with E-state index in [9.17, 15) is 22.0 Å². The number of nitrogens with two attached hydrogens (primary N) is 1. The van der Waals surface area contributed by atoms with Crippen LogP contribution in [-0.2, 0) is 10.0 Å². The van der Waals surface area contributed by atoms with E-state index in [4.69, 9.17) is 5.14 Å². The molecule has 0 aliphatic carbocycles. The van der Waals surface area contributed by atoms with Crippen molar-refractivity contribution < 1.29 is 22.0 Å². The second kappa shape index (κ2) is 8.40. The van der Waals surface area contributed by atoms with E-state index in [2.05, 4.69) is 15.3 Å². The van der Waals surface area contributed by atoms with Crippen LogP contribution in [0.15, 0.2) is 53.6 Å². The van der Waals surface area contributed by atoms with Gasteiger partial charge in [-0.25, -0.2) is 27.3 Å². The van der Waals surface area contributed by atoms with Gasteiger partial charge in [-0.2, -0.15) is 0 Å². The first kappa shape index (κ1) is 22.0. The normalized spacial score (nSPS) is 16.5. The van der Waals surface area contributed by atoms with Crippen molar-refractivity contribution in [3.05, 3.63) is 54.2 Å². The Labute approximate surface area is 183 Å². The number of anilines is 2. The number of alkyl halides is 2. The number of rotatable bonds is 4. The molecule has 1 saturated heterocycles. The van der Waals surface area contributed by atoms with Crippen LogP contribution in [0, 0.1) is 0 Å². The molecule has 4 rings (SSSR count). The fraction of sp³-hybridized carbons (Fsp3) is 0.286. The van der Waals surface area contributed by atoms with E-state index in [-0.39, 0.29) is 47.8 Å². The molecule has 3 aromatic rings. The number of amides is 1. The minimum absolute atomic E-state index is 0.0486. The van der Waals surface area contributed by atoms with Crippen LogP contribution in [0.3, 0.4) is 0 Å². The lowest BCUT2D eigenvalue weighted by atomic mass is 10.1. The Bertz CT molecular complexity index is 1280. The molecule has 11 heteroatoms. The third-order valence-corrected chi connectivity index (χ3v) is 6.16. The number of halogens is 2. The maximum Gasteiger partial charge on any atom is 0.259 e. The summed E-state index contributed by atoms with van der Waals surface area (Å²) in [6.45, 7) is 0.377. The molecule has 0 unspecified atom stereocenters. The number of benzene rings is 1. The molecule has 1 aliphatic rings. The molecule has 3 heterocycles. The number of carbonyl (C=O) groups is 1. The van der Waals surface area contributed by atoms with E-state index in [1.807, 2.05) is 0 Å². The van der Waals surface area contributed by atoms with Crippen molar-refractivity contribution >= 4 is 38.5 Å². The maximum atomic E-state index is 13.9. The summed E-state index contributed by atoms with van der Waals surface area (Å²) in [6.07, 6.45) is 1.27. The Balaban J connectivity index is 1.72. The highest BCUT2D eigenvalue weighted by molar-refractivity contribution is 7.89. The summed E-state index contributed by atoms with van der Waals surface area (Å²) >= 11 is 0. The second-order valence-electron chi connectivity index (χ2n) is 7.62. The summed E-state index contributed by atoms with van der Waals surface area (Å²) in [4.78, 5) is 23.5. The molecule has 1 aliphatic heterocycles. The van der Waals surface area contributed by atoms with Crippen molar-refractivity contribution in [1.29, 1.82) is 0 Å². The third kappa shape index (κ3) is 4.83. The molecule has 2 aromatic heterocycles. The lowest BCUT2D eigenvalue weighted by Crippen LogP contribution is -2.29. The maximum absolute atomic E-state index is 13.9. The number of carbonyl (C=O) groups excluding carboxylic acids is 1. The molecule has 1 fully saturated rings. The predicted octanol–water partition coefficient (Wildman–Crippen LogP) is 3.16. The van der Waals surface area contributed by atoms with Gasteiger partial charge in [-0.15, -0.1) is 0 Å².